The zero-order valence-corrected chi connectivity index (χ0v) is 25.7. The molecule has 1 saturated heterocycles. The van der Waals surface area contributed by atoms with E-state index in [1.54, 1.807) is 66.7 Å². The van der Waals surface area contributed by atoms with Crippen LogP contribution in [0.2, 0.25) is 0 Å². The summed E-state index contributed by atoms with van der Waals surface area (Å²) < 4.78 is 44.1. The molecule has 0 saturated carbocycles. The Hall–Kier alpha value is -5.75. The van der Waals surface area contributed by atoms with Gasteiger partial charge < -0.3 is 43.0 Å². The van der Waals surface area contributed by atoms with Gasteiger partial charge in [-0.15, -0.1) is 0 Å². The third kappa shape index (κ3) is 6.05. The fourth-order valence-corrected chi connectivity index (χ4v) is 6.30. The number of rotatable bonds is 8. The van der Waals surface area contributed by atoms with Gasteiger partial charge in [0.05, 0.1) is 25.7 Å². The highest BCUT2D eigenvalue weighted by molar-refractivity contribution is 5.79. The van der Waals surface area contributed by atoms with Crippen LogP contribution in [0, 0.1) is 11.8 Å². The lowest BCUT2D eigenvalue weighted by molar-refractivity contribution is -0.141. The third-order valence-electron chi connectivity index (χ3n) is 8.55. The summed E-state index contributed by atoms with van der Waals surface area (Å²) in [5.41, 5.74) is 3.03. The van der Waals surface area contributed by atoms with Crippen molar-refractivity contribution in [2.75, 3.05) is 20.5 Å². The minimum atomic E-state index is -1.08. The van der Waals surface area contributed by atoms with Crippen LogP contribution < -0.4 is 23.7 Å². The van der Waals surface area contributed by atoms with Gasteiger partial charge >= 0.3 is 18.3 Å². The number of carbonyl (C=O) groups excluding carboxylic acids is 3. The molecule has 3 aliphatic rings. The van der Waals surface area contributed by atoms with Crippen LogP contribution in [-0.2, 0) is 32.2 Å². The fourth-order valence-electron chi connectivity index (χ4n) is 6.30. The third-order valence-corrected chi connectivity index (χ3v) is 8.55. The van der Waals surface area contributed by atoms with E-state index < -0.39 is 42.1 Å². The van der Waals surface area contributed by atoms with E-state index >= 15 is 0 Å². The molecule has 12 heteroatoms. The topological polar surface area (TPSA) is 145 Å². The van der Waals surface area contributed by atoms with Crippen LogP contribution in [0.4, 0.5) is 9.59 Å². The molecular weight excluding hydrogens is 624 g/mol. The lowest BCUT2D eigenvalue weighted by atomic mass is 9.66. The summed E-state index contributed by atoms with van der Waals surface area (Å²) in [4.78, 5) is 39.1. The van der Waals surface area contributed by atoms with Crippen LogP contribution in [0.1, 0.15) is 39.8 Å². The summed E-state index contributed by atoms with van der Waals surface area (Å²) in [5.74, 6) is -2.15. The fraction of sp³-hybridized carbons (Fsp3) is 0.250. The average molecular weight is 655 g/mol. The van der Waals surface area contributed by atoms with E-state index in [2.05, 4.69) is 0 Å². The van der Waals surface area contributed by atoms with Crippen molar-refractivity contribution in [2.24, 2.45) is 11.8 Å². The molecule has 12 nitrogen and oxygen atoms in total. The van der Waals surface area contributed by atoms with E-state index in [0.29, 0.717) is 28.2 Å². The van der Waals surface area contributed by atoms with Gasteiger partial charge in [-0.05, 0) is 52.1 Å². The molecule has 1 fully saturated rings. The second-order valence-corrected chi connectivity index (χ2v) is 11.4. The monoisotopic (exact) mass is 654 g/mol. The highest BCUT2D eigenvalue weighted by atomic mass is 16.7. The van der Waals surface area contributed by atoms with Crippen LogP contribution in [0.15, 0.2) is 84.9 Å². The number of esters is 1. The zero-order chi connectivity index (χ0) is 33.2. The highest BCUT2D eigenvalue weighted by Gasteiger charge is 2.52. The smallest absolute Gasteiger partial charge is 0.493 e. The van der Waals surface area contributed by atoms with Crippen molar-refractivity contribution in [3.05, 3.63) is 113 Å². The number of benzene rings is 4. The van der Waals surface area contributed by atoms with Crippen molar-refractivity contribution in [3.8, 4) is 28.7 Å². The Morgan fingerprint density at radius 3 is 1.98 bits per heavy atom. The van der Waals surface area contributed by atoms with E-state index in [-0.39, 0.29) is 43.9 Å². The summed E-state index contributed by atoms with van der Waals surface area (Å²) in [6.45, 7) is -0.132. The number of aliphatic hydroxyl groups is 1. The van der Waals surface area contributed by atoms with Crippen molar-refractivity contribution >= 4 is 18.3 Å². The van der Waals surface area contributed by atoms with Gasteiger partial charge in [-0.3, -0.25) is 4.79 Å². The quantitative estimate of drug-likeness (QED) is 0.139. The molecule has 246 valence electrons. The van der Waals surface area contributed by atoms with Crippen LogP contribution in [-0.4, -0.2) is 43.9 Å². The molecule has 1 N–H and O–H groups in total. The van der Waals surface area contributed by atoms with E-state index in [0.717, 1.165) is 11.1 Å². The second-order valence-electron chi connectivity index (χ2n) is 11.4. The maximum atomic E-state index is 13.2. The molecule has 2 aliphatic heterocycles. The van der Waals surface area contributed by atoms with Gasteiger partial charge in [-0.2, -0.15) is 0 Å². The van der Waals surface area contributed by atoms with Gasteiger partial charge in [0.2, 0.25) is 12.5 Å². The number of aliphatic hydroxyl groups excluding tert-OH is 1. The molecule has 0 amide bonds. The van der Waals surface area contributed by atoms with Crippen molar-refractivity contribution in [1.82, 2.24) is 0 Å². The molecule has 2 heterocycles. The predicted octanol–water partition coefficient (Wildman–Crippen LogP) is 5.82. The first-order valence-corrected chi connectivity index (χ1v) is 15.2. The Morgan fingerprint density at radius 2 is 1.35 bits per heavy atom. The first kappa shape index (κ1) is 30.9. The Kier molecular flexibility index (Phi) is 8.47. The first-order chi connectivity index (χ1) is 23.4. The lowest BCUT2D eigenvalue weighted by Crippen LogP contribution is -2.34. The van der Waals surface area contributed by atoms with E-state index in [4.69, 9.17) is 37.9 Å². The SMILES string of the molecule is COc1cc(C2c3cc4c(cc3C(O)C3COC(=O)C23)OCO4)cc(OC(=O)OCc2ccccc2)c1OC(=O)OCc1ccccc1. The molecule has 0 aromatic heterocycles. The Morgan fingerprint density at radius 1 is 0.771 bits per heavy atom. The second kappa shape index (κ2) is 13.2. The van der Waals surface area contributed by atoms with Crippen LogP contribution in [0.25, 0.3) is 0 Å². The summed E-state index contributed by atoms with van der Waals surface area (Å²) in [6.07, 6.45) is -3.18. The first-order valence-electron chi connectivity index (χ1n) is 15.2. The Bertz CT molecular complexity index is 1840. The largest absolute Gasteiger partial charge is 0.514 e. The van der Waals surface area contributed by atoms with Gasteiger partial charge in [-0.25, -0.2) is 9.59 Å². The number of cyclic esters (lactones) is 1. The number of fused-ring (bicyclic) bond motifs is 3. The van der Waals surface area contributed by atoms with Crippen molar-refractivity contribution in [2.45, 2.75) is 25.2 Å². The van der Waals surface area contributed by atoms with Crippen molar-refractivity contribution in [3.63, 3.8) is 0 Å². The van der Waals surface area contributed by atoms with Crippen molar-refractivity contribution < 1.29 is 57.4 Å². The Labute approximate surface area is 274 Å². The molecule has 48 heavy (non-hydrogen) atoms. The predicted molar refractivity (Wildman–Crippen MR) is 165 cm³/mol. The lowest BCUT2D eigenvalue weighted by Gasteiger charge is -2.37. The average Bonchev–Trinajstić information content (AvgIpc) is 3.74. The van der Waals surface area contributed by atoms with E-state index in [9.17, 15) is 19.5 Å². The van der Waals surface area contributed by atoms with Gasteiger partial charge in [0.25, 0.3) is 0 Å². The van der Waals surface area contributed by atoms with Gasteiger partial charge in [0, 0.05) is 11.8 Å². The molecule has 4 atom stereocenters. The molecule has 4 aromatic rings. The molecule has 1 aliphatic carbocycles. The summed E-state index contributed by atoms with van der Waals surface area (Å²) in [6, 6.07) is 24.5. The number of methoxy groups -OCH3 is 1. The summed E-state index contributed by atoms with van der Waals surface area (Å²) >= 11 is 0. The molecule has 0 spiro atoms. The van der Waals surface area contributed by atoms with Gasteiger partial charge in [0.1, 0.15) is 13.2 Å². The number of ether oxygens (including phenoxy) is 8. The van der Waals surface area contributed by atoms with Crippen LogP contribution >= 0.6 is 0 Å². The zero-order valence-electron chi connectivity index (χ0n) is 25.7. The Balaban J connectivity index is 1.27. The van der Waals surface area contributed by atoms with Crippen LogP contribution in [0.3, 0.4) is 0 Å². The normalized spacial score (nSPS) is 20.2. The number of hydrogen-bond donors (Lipinski definition) is 1. The molecule has 4 unspecified atom stereocenters. The van der Waals surface area contributed by atoms with E-state index in [1.807, 2.05) is 12.1 Å². The molecule has 0 bridgehead atoms. The highest BCUT2D eigenvalue weighted by Crippen LogP contribution is 2.55. The van der Waals surface area contributed by atoms with E-state index in [1.165, 1.54) is 13.2 Å². The summed E-state index contributed by atoms with van der Waals surface area (Å²) in [7, 11) is 1.35. The van der Waals surface area contributed by atoms with Gasteiger partial charge in [0.15, 0.2) is 23.0 Å². The van der Waals surface area contributed by atoms with Crippen molar-refractivity contribution in [1.29, 1.82) is 0 Å². The minimum Gasteiger partial charge on any atom is -0.493 e. The standard InChI is InChI=1S/C36H30O12/c1-41-28-12-22(30-23-14-26-27(46-19-45-26)15-24(23)32(37)25-18-42-34(38)31(25)30)13-29(47-35(39)43-16-20-8-4-2-5-9-20)33(28)48-36(40)44-17-21-10-6-3-7-11-21/h2-15,25,30-32,37H,16-19H2,1H3. The van der Waals surface area contributed by atoms with Crippen LogP contribution in [0.5, 0.6) is 28.7 Å². The molecular formula is C36H30O12. The van der Waals surface area contributed by atoms with Gasteiger partial charge in [-0.1, -0.05) is 60.7 Å². The molecule has 4 aromatic carbocycles. The maximum absolute atomic E-state index is 13.2. The molecule has 7 rings (SSSR count). The molecule has 0 radical (unpaired) electrons. The summed E-state index contributed by atoms with van der Waals surface area (Å²) in [5, 5.41) is 11.3. The minimum absolute atomic E-state index is 0.00588. The number of hydrogen-bond acceptors (Lipinski definition) is 12. The number of carbonyl (C=O) groups is 3. The maximum Gasteiger partial charge on any atom is 0.514 e.